The van der Waals surface area contributed by atoms with Gasteiger partial charge in [-0.25, -0.2) is 9.78 Å². The maximum Gasteiger partial charge on any atom is 0.412 e. The molecule has 5 heteroatoms. The molecule has 0 bridgehead atoms. The van der Waals surface area contributed by atoms with E-state index in [0.717, 1.165) is 6.42 Å². The number of carbonyl (C=O) groups is 1. The van der Waals surface area contributed by atoms with Crippen LogP contribution in [0.4, 0.5) is 10.6 Å². The van der Waals surface area contributed by atoms with E-state index in [9.17, 15) is 4.79 Å². The molecule has 0 fully saturated rings. The first-order valence-electron chi connectivity index (χ1n) is 5.92. The van der Waals surface area contributed by atoms with Gasteiger partial charge in [-0.15, -0.1) is 0 Å². The molecule has 0 radical (unpaired) electrons. The summed E-state index contributed by atoms with van der Waals surface area (Å²) in [6.45, 7) is 8.49. The van der Waals surface area contributed by atoms with Crippen LogP contribution in [-0.2, 0) is 4.74 Å². The van der Waals surface area contributed by atoms with Crippen LogP contribution in [0.1, 0.15) is 34.1 Å². The van der Waals surface area contributed by atoms with Crippen molar-refractivity contribution < 1.29 is 9.53 Å². The fourth-order valence-electron chi connectivity index (χ4n) is 0.840. The molecule has 5 nitrogen and oxygen atoms in total. The Bertz CT molecular complexity index is 304. The molecule has 0 aliphatic heterocycles. The Morgan fingerprint density at radius 3 is 2.71 bits per heavy atom. The number of nitrogens with zero attached hydrogens (tertiary/aromatic N) is 2. The monoisotopic (exact) mass is 239 g/mol. The van der Waals surface area contributed by atoms with Crippen LogP contribution in [0, 0.1) is 5.92 Å². The Balaban J connectivity index is 0.00000121. The molecule has 1 atom stereocenters. The summed E-state index contributed by atoms with van der Waals surface area (Å²) in [6, 6.07) is 0. The summed E-state index contributed by atoms with van der Waals surface area (Å²) in [5, 5.41) is 2.49. The van der Waals surface area contributed by atoms with Crippen LogP contribution in [0.2, 0.25) is 0 Å². The molecule has 0 spiro atoms. The van der Waals surface area contributed by atoms with Crippen LogP contribution >= 0.6 is 0 Å². The van der Waals surface area contributed by atoms with Crippen LogP contribution in [-0.4, -0.2) is 22.7 Å². The Hall–Kier alpha value is -1.65. The molecule has 0 saturated carbocycles. The third kappa shape index (κ3) is 7.27. The van der Waals surface area contributed by atoms with Crippen molar-refractivity contribution >= 4 is 11.9 Å². The van der Waals surface area contributed by atoms with Crippen molar-refractivity contribution in [1.29, 1.82) is 0 Å². The summed E-state index contributed by atoms with van der Waals surface area (Å²) in [4.78, 5) is 18.9. The molecule has 0 aromatic carbocycles. The zero-order valence-corrected chi connectivity index (χ0v) is 10.9. The van der Waals surface area contributed by atoms with Crippen molar-refractivity contribution in [3.05, 3.63) is 18.6 Å². The zero-order valence-electron chi connectivity index (χ0n) is 10.9. The Labute approximate surface area is 103 Å². The molecule has 1 N–H and O–H groups in total. The van der Waals surface area contributed by atoms with Crippen molar-refractivity contribution in [3.63, 3.8) is 0 Å². The maximum atomic E-state index is 11.2. The van der Waals surface area contributed by atoms with Crippen molar-refractivity contribution in [2.75, 3.05) is 11.9 Å². The number of nitrogens with one attached hydrogen (secondary N) is 1. The van der Waals surface area contributed by atoms with Gasteiger partial charge in [0.15, 0.2) is 5.82 Å². The smallest absolute Gasteiger partial charge is 0.412 e. The minimum atomic E-state index is -0.490. The van der Waals surface area contributed by atoms with E-state index in [4.69, 9.17) is 4.74 Å². The number of aromatic nitrogens is 2. The van der Waals surface area contributed by atoms with Gasteiger partial charge in [0.1, 0.15) is 0 Å². The molecule has 96 valence electrons. The van der Waals surface area contributed by atoms with Gasteiger partial charge in [0.25, 0.3) is 0 Å². The minimum Gasteiger partial charge on any atom is -0.449 e. The Morgan fingerprint density at radius 1 is 1.47 bits per heavy atom. The van der Waals surface area contributed by atoms with Crippen LogP contribution in [0.15, 0.2) is 18.6 Å². The summed E-state index contributed by atoms with van der Waals surface area (Å²) in [6.07, 6.45) is 5.00. The summed E-state index contributed by atoms with van der Waals surface area (Å²) in [5.41, 5.74) is 0. The lowest BCUT2D eigenvalue weighted by Gasteiger charge is -2.09. The second-order valence-electron chi connectivity index (χ2n) is 3.33. The number of hydrogen-bond donors (Lipinski definition) is 1. The van der Waals surface area contributed by atoms with Crippen molar-refractivity contribution in [3.8, 4) is 0 Å². The van der Waals surface area contributed by atoms with Gasteiger partial charge in [-0.2, -0.15) is 0 Å². The highest BCUT2D eigenvalue weighted by Crippen LogP contribution is 2.03. The largest absolute Gasteiger partial charge is 0.449 e. The van der Waals surface area contributed by atoms with Crippen LogP contribution in [0.3, 0.4) is 0 Å². The molecule has 0 aliphatic carbocycles. The molecule has 1 heterocycles. The van der Waals surface area contributed by atoms with E-state index in [2.05, 4.69) is 22.2 Å². The van der Waals surface area contributed by atoms with Gasteiger partial charge in [-0.1, -0.05) is 34.1 Å². The molecule has 1 amide bonds. The fourth-order valence-corrected chi connectivity index (χ4v) is 0.840. The molecular weight excluding hydrogens is 218 g/mol. The lowest BCUT2D eigenvalue weighted by Crippen LogP contribution is -2.18. The van der Waals surface area contributed by atoms with Gasteiger partial charge in [-0.05, 0) is 5.92 Å². The predicted octanol–water partition coefficient (Wildman–Crippen LogP) is 3.10. The zero-order chi connectivity index (χ0) is 13.1. The van der Waals surface area contributed by atoms with Gasteiger partial charge in [0.05, 0.1) is 12.8 Å². The highest BCUT2D eigenvalue weighted by molar-refractivity contribution is 5.82. The minimum absolute atomic E-state index is 0.373. The number of ether oxygens (including phenoxy) is 1. The second kappa shape index (κ2) is 9.57. The topological polar surface area (TPSA) is 64.1 Å². The lowest BCUT2D eigenvalue weighted by molar-refractivity contribution is 0.143. The van der Waals surface area contributed by atoms with E-state index >= 15 is 0 Å². The Kier molecular flexibility index (Phi) is 8.64. The number of rotatable bonds is 4. The van der Waals surface area contributed by atoms with Crippen molar-refractivity contribution in [2.45, 2.75) is 34.1 Å². The molecule has 0 saturated heterocycles. The van der Waals surface area contributed by atoms with E-state index in [0.29, 0.717) is 18.3 Å². The van der Waals surface area contributed by atoms with Crippen molar-refractivity contribution in [2.24, 2.45) is 5.92 Å². The first-order chi connectivity index (χ1) is 8.22. The normalized spacial score (nSPS) is 10.8. The molecule has 1 rings (SSSR count). The first kappa shape index (κ1) is 15.3. The van der Waals surface area contributed by atoms with Crippen molar-refractivity contribution in [1.82, 2.24) is 9.97 Å². The second-order valence-corrected chi connectivity index (χ2v) is 3.33. The van der Waals surface area contributed by atoms with E-state index in [1.54, 1.807) is 0 Å². The van der Waals surface area contributed by atoms with E-state index in [1.807, 2.05) is 20.8 Å². The summed E-state index contributed by atoms with van der Waals surface area (Å²) in [5.74, 6) is 0.768. The van der Waals surface area contributed by atoms with E-state index in [-0.39, 0.29) is 0 Å². The van der Waals surface area contributed by atoms with E-state index < -0.39 is 6.09 Å². The van der Waals surface area contributed by atoms with Crippen LogP contribution in [0.5, 0.6) is 0 Å². The molecular formula is C12H21N3O2. The average molecular weight is 239 g/mol. The molecule has 0 aliphatic rings. The summed E-state index contributed by atoms with van der Waals surface area (Å²) >= 11 is 0. The summed E-state index contributed by atoms with van der Waals surface area (Å²) < 4.78 is 4.98. The number of anilines is 1. The third-order valence-electron chi connectivity index (χ3n) is 1.99. The van der Waals surface area contributed by atoms with Crippen LogP contribution in [0.25, 0.3) is 0 Å². The molecule has 1 aromatic rings. The molecule has 17 heavy (non-hydrogen) atoms. The van der Waals surface area contributed by atoms with Gasteiger partial charge in [0, 0.05) is 12.4 Å². The van der Waals surface area contributed by atoms with Gasteiger partial charge < -0.3 is 4.74 Å². The Morgan fingerprint density at radius 2 is 2.18 bits per heavy atom. The molecule has 1 aromatic heterocycles. The maximum absolute atomic E-state index is 11.2. The number of amides is 1. The standard InChI is InChI=1S/C10H15N3O2.C2H6/c1-3-8(2)7-15-10(14)13-9-6-11-4-5-12-9;1-2/h4-6,8H,3,7H2,1-2H3,(H,12,13,14);1-2H3. The average Bonchev–Trinajstić information content (AvgIpc) is 2.39. The lowest BCUT2D eigenvalue weighted by atomic mass is 10.1. The number of carbonyl (C=O) groups excluding carboxylic acids is 1. The van der Waals surface area contributed by atoms with E-state index in [1.165, 1.54) is 18.6 Å². The third-order valence-corrected chi connectivity index (χ3v) is 1.99. The quantitative estimate of drug-likeness (QED) is 0.876. The number of hydrogen-bond acceptors (Lipinski definition) is 4. The fraction of sp³-hybridized carbons (Fsp3) is 0.583. The molecule has 1 unspecified atom stereocenters. The van der Waals surface area contributed by atoms with Gasteiger partial charge in [-0.3, -0.25) is 10.3 Å². The highest BCUT2D eigenvalue weighted by atomic mass is 16.5. The predicted molar refractivity (Wildman–Crippen MR) is 67.8 cm³/mol. The van der Waals surface area contributed by atoms with Crippen LogP contribution < -0.4 is 5.32 Å². The van der Waals surface area contributed by atoms with Gasteiger partial charge >= 0.3 is 6.09 Å². The highest BCUT2D eigenvalue weighted by Gasteiger charge is 2.06. The first-order valence-corrected chi connectivity index (χ1v) is 5.92. The van der Waals surface area contributed by atoms with Gasteiger partial charge in [0.2, 0.25) is 0 Å². The SMILES string of the molecule is CC.CCC(C)COC(=O)Nc1cnccn1. The summed E-state index contributed by atoms with van der Waals surface area (Å²) in [7, 11) is 0.